The van der Waals surface area contributed by atoms with Crippen molar-refractivity contribution in [3.05, 3.63) is 82.6 Å². The SMILES string of the molecule is CCCCN1C(=O)[C@](O)(CC(=O)c2ccc(-n3cccc3)cc2)c2cc(Br)ccc21. The summed E-state index contributed by atoms with van der Waals surface area (Å²) in [6.07, 6.45) is 5.32. The van der Waals surface area contributed by atoms with Crippen LogP contribution >= 0.6 is 15.9 Å². The predicted molar refractivity (Wildman–Crippen MR) is 120 cm³/mol. The zero-order valence-corrected chi connectivity index (χ0v) is 18.3. The fourth-order valence-electron chi connectivity index (χ4n) is 3.89. The summed E-state index contributed by atoms with van der Waals surface area (Å²) in [4.78, 5) is 27.8. The maximum Gasteiger partial charge on any atom is 0.264 e. The lowest BCUT2D eigenvalue weighted by Crippen LogP contribution is -2.42. The van der Waals surface area contributed by atoms with E-state index in [0.717, 1.165) is 23.0 Å². The molecule has 0 aliphatic carbocycles. The number of carbonyl (C=O) groups excluding carboxylic acids is 2. The number of benzene rings is 2. The van der Waals surface area contributed by atoms with Crippen LogP contribution in [0.3, 0.4) is 0 Å². The molecule has 0 spiro atoms. The van der Waals surface area contributed by atoms with Crippen molar-refractivity contribution in [2.24, 2.45) is 0 Å². The summed E-state index contributed by atoms with van der Waals surface area (Å²) >= 11 is 3.42. The minimum atomic E-state index is -1.86. The van der Waals surface area contributed by atoms with E-state index in [-0.39, 0.29) is 12.2 Å². The van der Waals surface area contributed by atoms with Crippen molar-refractivity contribution in [2.45, 2.75) is 31.8 Å². The number of halogens is 1. The van der Waals surface area contributed by atoms with Gasteiger partial charge in [-0.3, -0.25) is 9.59 Å². The molecule has 1 atom stereocenters. The molecule has 0 unspecified atom stereocenters. The highest BCUT2D eigenvalue weighted by Gasteiger charge is 2.50. The van der Waals surface area contributed by atoms with Gasteiger partial charge in [0.1, 0.15) is 0 Å². The number of amides is 1. The maximum atomic E-state index is 13.2. The fraction of sp³-hybridized carbons (Fsp3) is 0.250. The van der Waals surface area contributed by atoms with E-state index >= 15 is 0 Å². The molecule has 4 rings (SSSR count). The van der Waals surface area contributed by atoms with E-state index in [9.17, 15) is 14.7 Å². The third-order valence-corrected chi connectivity index (χ3v) is 6.03. The zero-order valence-electron chi connectivity index (χ0n) is 16.7. The maximum absolute atomic E-state index is 13.2. The van der Waals surface area contributed by atoms with Crippen LogP contribution in [-0.4, -0.2) is 27.9 Å². The molecule has 1 aliphatic rings. The fourth-order valence-corrected chi connectivity index (χ4v) is 4.25. The van der Waals surface area contributed by atoms with E-state index in [0.29, 0.717) is 23.4 Å². The topological polar surface area (TPSA) is 62.5 Å². The number of unbranched alkanes of at least 4 members (excludes halogenated alkanes) is 1. The Morgan fingerprint density at radius 3 is 2.47 bits per heavy atom. The van der Waals surface area contributed by atoms with Crippen molar-refractivity contribution in [1.82, 2.24) is 4.57 Å². The molecule has 0 bridgehead atoms. The van der Waals surface area contributed by atoms with E-state index in [2.05, 4.69) is 22.9 Å². The van der Waals surface area contributed by atoms with Crippen LogP contribution in [0.1, 0.15) is 42.1 Å². The Bertz CT molecular complexity index is 1080. The van der Waals surface area contributed by atoms with Gasteiger partial charge in [-0.05, 0) is 61.0 Å². The van der Waals surface area contributed by atoms with Crippen LogP contribution in [0.25, 0.3) is 5.69 Å². The van der Waals surface area contributed by atoms with E-state index in [4.69, 9.17) is 0 Å². The number of Topliss-reactive ketones (excluding diaryl/α,β-unsaturated/α-hetero) is 1. The summed E-state index contributed by atoms with van der Waals surface area (Å²) in [6, 6.07) is 16.4. The van der Waals surface area contributed by atoms with Crippen molar-refractivity contribution in [2.75, 3.05) is 11.4 Å². The number of anilines is 1. The Kier molecular flexibility index (Phi) is 5.62. The standard InChI is InChI=1S/C24H23BrN2O3/c1-2-3-14-27-21-11-8-18(25)15-20(21)24(30,23(27)29)16-22(28)17-6-9-19(10-7-17)26-12-4-5-13-26/h4-13,15,30H,2-3,14,16H2,1H3/t24-/m0/s1. The van der Waals surface area contributed by atoms with Crippen molar-refractivity contribution in [1.29, 1.82) is 0 Å². The van der Waals surface area contributed by atoms with E-state index < -0.39 is 11.5 Å². The second-order valence-electron chi connectivity index (χ2n) is 7.57. The average molecular weight is 467 g/mol. The summed E-state index contributed by atoms with van der Waals surface area (Å²) in [6.45, 7) is 2.57. The van der Waals surface area contributed by atoms with Gasteiger partial charge in [0.25, 0.3) is 5.91 Å². The van der Waals surface area contributed by atoms with Crippen molar-refractivity contribution in [3.63, 3.8) is 0 Å². The van der Waals surface area contributed by atoms with Crippen molar-refractivity contribution >= 4 is 33.3 Å². The Morgan fingerprint density at radius 1 is 1.10 bits per heavy atom. The molecule has 0 saturated heterocycles. The molecule has 0 saturated carbocycles. The largest absolute Gasteiger partial charge is 0.375 e. The normalized spacial score (nSPS) is 18.0. The number of fused-ring (bicyclic) bond motifs is 1. The molecule has 0 radical (unpaired) electrons. The van der Waals surface area contributed by atoms with Crippen molar-refractivity contribution in [3.8, 4) is 5.69 Å². The number of aliphatic hydroxyl groups is 1. The van der Waals surface area contributed by atoms with Gasteiger partial charge in [-0.15, -0.1) is 0 Å². The lowest BCUT2D eigenvalue weighted by molar-refractivity contribution is -0.135. The van der Waals surface area contributed by atoms with Gasteiger partial charge in [-0.2, -0.15) is 0 Å². The van der Waals surface area contributed by atoms with E-state index in [1.54, 1.807) is 23.1 Å². The first-order valence-corrected chi connectivity index (χ1v) is 10.8. The molecule has 5 nitrogen and oxygen atoms in total. The van der Waals surface area contributed by atoms with Gasteiger partial charge in [-0.1, -0.05) is 29.3 Å². The molecule has 1 aliphatic heterocycles. The summed E-state index contributed by atoms with van der Waals surface area (Å²) in [5, 5.41) is 11.4. The lowest BCUT2D eigenvalue weighted by atomic mass is 9.88. The Balaban J connectivity index is 1.62. The van der Waals surface area contributed by atoms with E-state index in [1.165, 1.54) is 0 Å². The Labute approximate surface area is 184 Å². The molecule has 1 N–H and O–H groups in total. The Morgan fingerprint density at radius 2 is 1.80 bits per heavy atom. The number of nitrogens with zero attached hydrogens (tertiary/aromatic N) is 2. The zero-order chi connectivity index (χ0) is 21.3. The van der Waals surface area contributed by atoms with Crippen LogP contribution < -0.4 is 4.90 Å². The summed E-state index contributed by atoms with van der Waals surface area (Å²) < 4.78 is 2.70. The summed E-state index contributed by atoms with van der Waals surface area (Å²) in [7, 11) is 0. The number of aromatic nitrogens is 1. The van der Waals surface area contributed by atoms with Gasteiger partial charge >= 0.3 is 0 Å². The number of rotatable bonds is 7. The lowest BCUT2D eigenvalue weighted by Gasteiger charge is -2.22. The van der Waals surface area contributed by atoms with Crippen LogP contribution in [0.2, 0.25) is 0 Å². The van der Waals surface area contributed by atoms with Gasteiger partial charge in [-0.25, -0.2) is 0 Å². The van der Waals surface area contributed by atoms with E-state index in [1.807, 2.05) is 53.4 Å². The highest BCUT2D eigenvalue weighted by molar-refractivity contribution is 9.10. The smallest absolute Gasteiger partial charge is 0.264 e. The first-order chi connectivity index (χ1) is 14.4. The van der Waals surface area contributed by atoms with Crippen LogP contribution in [-0.2, 0) is 10.4 Å². The number of ketones is 1. The van der Waals surface area contributed by atoms with Crippen LogP contribution in [0, 0.1) is 0 Å². The first-order valence-electron chi connectivity index (χ1n) is 10.0. The quantitative estimate of drug-likeness (QED) is 0.506. The van der Waals surface area contributed by atoms with Gasteiger partial charge < -0.3 is 14.6 Å². The van der Waals surface area contributed by atoms with Crippen molar-refractivity contribution < 1.29 is 14.7 Å². The van der Waals surface area contributed by atoms with Gasteiger partial charge in [0.15, 0.2) is 11.4 Å². The highest BCUT2D eigenvalue weighted by Crippen LogP contribution is 2.44. The van der Waals surface area contributed by atoms with Gasteiger partial charge in [0, 0.05) is 40.2 Å². The average Bonchev–Trinajstić information content (AvgIpc) is 3.35. The molecule has 1 aromatic heterocycles. The van der Waals surface area contributed by atoms with Gasteiger partial charge in [0.05, 0.1) is 12.1 Å². The third kappa shape index (κ3) is 3.61. The van der Waals surface area contributed by atoms with Crippen LogP contribution in [0.4, 0.5) is 5.69 Å². The van der Waals surface area contributed by atoms with Gasteiger partial charge in [0.2, 0.25) is 0 Å². The molecular weight excluding hydrogens is 444 g/mol. The predicted octanol–water partition coefficient (Wildman–Crippen LogP) is 4.85. The monoisotopic (exact) mass is 466 g/mol. The molecule has 3 aromatic rings. The summed E-state index contributed by atoms with van der Waals surface area (Å²) in [5.74, 6) is -0.700. The number of carbonyl (C=O) groups is 2. The highest BCUT2D eigenvalue weighted by atomic mass is 79.9. The minimum Gasteiger partial charge on any atom is -0.375 e. The minimum absolute atomic E-state index is 0.270. The second kappa shape index (κ2) is 8.20. The summed E-state index contributed by atoms with van der Waals surface area (Å²) in [5.41, 5.74) is 0.705. The third-order valence-electron chi connectivity index (χ3n) is 5.54. The number of hydrogen-bond acceptors (Lipinski definition) is 3. The molecule has 1 amide bonds. The molecule has 30 heavy (non-hydrogen) atoms. The first kappa shape index (κ1) is 20.6. The molecular formula is C24H23BrN2O3. The molecule has 6 heteroatoms. The molecule has 154 valence electrons. The Hall–Kier alpha value is -2.70. The molecule has 2 aromatic carbocycles. The molecule has 0 fully saturated rings. The molecule has 2 heterocycles. The number of hydrogen-bond donors (Lipinski definition) is 1. The second-order valence-corrected chi connectivity index (χ2v) is 8.48. The van der Waals surface area contributed by atoms with Crippen LogP contribution in [0.5, 0.6) is 0 Å². The van der Waals surface area contributed by atoms with Crippen LogP contribution in [0.15, 0.2) is 71.5 Å².